The Morgan fingerprint density at radius 2 is 1.82 bits per heavy atom. The highest BCUT2D eigenvalue weighted by Crippen LogP contribution is 2.34. The SMILES string of the molecule is COc1ccccc1OCCCn1c([C@@H]2CC(=O)N(c3cccc(Cl)c3)C2)nc2ccccc21. The first kappa shape index (κ1) is 22.3. The van der Waals surface area contributed by atoms with Crippen molar-refractivity contribution in [3.05, 3.63) is 83.6 Å². The zero-order valence-electron chi connectivity index (χ0n) is 19.0. The third-order valence-corrected chi connectivity index (χ3v) is 6.38. The van der Waals surface area contributed by atoms with Crippen molar-refractivity contribution in [2.75, 3.05) is 25.2 Å². The summed E-state index contributed by atoms with van der Waals surface area (Å²) in [4.78, 5) is 19.6. The van der Waals surface area contributed by atoms with E-state index in [1.54, 1.807) is 7.11 Å². The van der Waals surface area contributed by atoms with Gasteiger partial charge in [-0.25, -0.2) is 4.98 Å². The molecule has 3 aromatic carbocycles. The molecular weight excluding hydrogens is 450 g/mol. The monoisotopic (exact) mass is 475 g/mol. The molecule has 0 radical (unpaired) electrons. The van der Waals surface area contributed by atoms with E-state index in [2.05, 4.69) is 10.6 Å². The van der Waals surface area contributed by atoms with Crippen molar-refractivity contribution in [3.8, 4) is 11.5 Å². The summed E-state index contributed by atoms with van der Waals surface area (Å²) in [6.45, 7) is 1.87. The van der Waals surface area contributed by atoms with Crippen LogP contribution in [0.1, 0.15) is 24.6 Å². The van der Waals surface area contributed by atoms with Crippen LogP contribution in [-0.4, -0.2) is 35.7 Å². The van der Waals surface area contributed by atoms with Gasteiger partial charge in [0.05, 0.1) is 24.8 Å². The van der Waals surface area contributed by atoms with Crippen molar-refractivity contribution in [2.24, 2.45) is 0 Å². The number of aromatic nitrogens is 2. The number of amides is 1. The maximum atomic E-state index is 12.9. The average molecular weight is 476 g/mol. The second kappa shape index (κ2) is 9.77. The molecule has 7 heteroatoms. The largest absolute Gasteiger partial charge is 0.493 e. The molecule has 1 aliphatic rings. The standard InChI is InChI=1S/C27H26ClN3O3/c1-33-24-12-4-5-13-25(24)34-15-7-14-30-23-11-3-2-10-22(23)29-27(30)19-16-26(32)31(18-19)21-9-6-8-20(28)17-21/h2-6,8-13,17,19H,7,14-16,18H2,1H3/t19-/m1/s1. The van der Waals surface area contributed by atoms with Crippen LogP contribution in [-0.2, 0) is 11.3 Å². The zero-order chi connectivity index (χ0) is 23.5. The third kappa shape index (κ3) is 4.46. The van der Waals surface area contributed by atoms with Gasteiger partial charge in [-0.05, 0) is 48.9 Å². The second-order valence-electron chi connectivity index (χ2n) is 8.35. The zero-order valence-corrected chi connectivity index (χ0v) is 19.7. The van der Waals surface area contributed by atoms with Crippen molar-refractivity contribution in [3.63, 3.8) is 0 Å². The van der Waals surface area contributed by atoms with Gasteiger partial charge in [0.15, 0.2) is 11.5 Å². The van der Waals surface area contributed by atoms with E-state index in [-0.39, 0.29) is 11.8 Å². The van der Waals surface area contributed by atoms with Crippen molar-refractivity contribution in [2.45, 2.75) is 25.3 Å². The van der Waals surface area contributed by atoms with Gasteiger partial charge in [0.1, 0.15) is 5.82 Å². The molecule has 0 unspecified atom stereocenters. The number of hydrogen-bond donors (Lipinski definition) is 0. The number of rotatable bonds is 8. The molecule has 0 bridgehead atoms. The molecule has 1 fully saturated rings. The summed E-state index contributed by atoms with van der Waals surface area (Å²) in [5, 5.41) is 0.621. The Bertz CT molecular complexity index is 1320. The van der Waals surface area contributed by atoms with Crippen molar-refractivity contribution in [1.29, 1.82) is 0 Å². The third-order valence-electron chi connectivity index (χ3n) is 6.15. The Hall–Kier alpha value is -3.51. The minimum Gasteiger partial charge on any atom is -0.493 e. The molecule has 6 nitrogen and oxygen atoms in total. The van der Waals surface area contributed by atoms with E-state index in [1.165, 1.54) is 0 Å². The lowest BCUT2D eigenvalue weighted by Crippen LogP contribution is -2.24. The number of para-hydroxylation sites is 4. The van der Waals surface area contributed by atoms with E-state index in [1.807, 2.05) is 71.6 Å². The summed E-state index contributed by atoms with van der Waals surface area (Å²) < 4.78 is 13.6. The molecule has 0 aliphatic carbocycles. The number of fused-ring (bicyclic) bond motifs is 1. The first-order valence-corrected chi connectivity index (χ1v) is 11.8. The number of methoxy groups -OCH3 is 1. The molecule has 1 aliphatic heterocycles. The smallest absolute Gasteiger partial charge is 0.227 e. The van der Waals surface area contributed by atoms with Crippen molar-refractivity contribution < 1.29 is 14.3 Å². The molecule has 1 saturated heterocycles. The summed E-state index contributed by atoms with van der Waals surface area (Å²) in [6.07, 6.45) is 1.22. The van der Waals surface area contributed by atoms with Crippen LogP contribution in [0, 0.1) is 0 Å². The molecule has 1 aromatic heterocycles. The van der Waals surface area contributed by atoms with E-state index in [4.69, 9.17) is 26.1 Å². The van der Waals surface area contributed by atoms with E-state index in [0.29, 0.717) is 24.6 Å². The van der Waals surface area contributed by atoms with Crippen LogP contribution in [0.4, 0.5) is 5.69 Å². The quantitative estimate of drug-likeness (QED) is 0.307. The number of benzene rings is 3. The molecule has 1 amide bonds. The number of halogens is 1. The fourth-order valence-electron chi connectivity index (χ4n) is 4.56. The Labute approximate surface area is 203 Å². The number of hydrogen-bond acceptors (Lipinski definition) is 4. The Kier molecular flexibility index (Phi) is 6.41. The number of carbonyl (C=O) groups is 1. The van der Waals surface area contributed by atoms with Crippen molar-refractivity contribution >= 4 is 34.2 Å². The first-order valence-electron chi connectivity index (χ1n) is 11.4. The first-order chi connectivity index (χ1) is 16.6. The van der Waals surface area contributed by atoms with Crippen LogP contribution in [0.5, 0.6) is 11.5 Å². The van der Waals surface area contributed by atoms with Gasteiger partial charge in [-0.15, -0.1) is 0 Å². The molecule has 2 heterocycles. The number of aryl methyl sites for hydroxylation is 1. The van der Waals surface area contributed by atoms with Gasteiger partial charge in [0.2, 0.25) is 5.91 Å². The van der Waals surface area contributed by atoms with Crippen LogP contribution in [0.25, 0.3) is 11.0 Å². The number of imidazole rings is 1. The van der Waals surface area contributed by atoms with Gasteiger partial charge >= 0.3 is 0 Å². The lowest BCUT2D eigenvalue weighted by molar-refractivity contribution is -0.117. The summed E-state index contributed by atoms with van der Waals surface area (Å²) in [5.41, 5.74) is 2.84. The van der Waals surface area contributed by atoms with Gasteiger partial charge in [-0.3, -0.25) is 4.79 Å². The topological polar surface area (TPSA) is 56.6 Å². The fourth-order valence-corrected chi connectivity index (χ4v) is 4.74. The highest BCUT2D eigenvalue weighted by atomic mass is 35.5. The lowest BCUT2D eigenvalue weighted by atomic mass is 10.1. The number of ether oxygens (including phenoxy) is 2. The predicted molar refractivity (Wildman–Crippen MR) is 134 cm³/mol. The molecule has 4 aromatic rings. The summed E-state index contributed by atoms with van der Waals surface area (Å²) in [5.74, 6) is 2.50. The Morgan fingerprint density at radius 3 is 2.65 bits per heavy atom. The summed E-state index contributed by atoms with van der Waals surface area (Å²) in [7, 11) is 1.64. The molecule has 0 spiro atoms. The minimum absolute atomic E-state index is 0.00835. The van der Waals surface area contributed by atoms with Gasteiger partial charge in [-0.2, -0.15) is 0 Å². The fraction of sp³-hybridized carbons (Fsp3) is 0.259. The van der Waals surface area contributed by atoms with E-state index in [9.17, 15) is 4.79 Å². The number of anilines is 1. The molecule has 174 valence electrons. The molecule has 0 N–H and O–H groups in total. The summed E-state index contributed by atoms with van der Waals surface area (Å²) in [6, 6.07) is 23.2. The van der Waals surface area contributed by atoms with Gasteiger partial charge in [0, 0.05) is 36.1 Å². The van der Waals surface area contributed by atoms with Crippen LogP contribution in [0.3, 0.4) is 0 Å². The average Bonchev–Trinajstić information content (AvgIpc) is 3.42. The Morgan fingerprint density at radius 1 is 1.03 bits per heavy atom. The maximum absolute atomic E-state index is 12.9. The minimum atomic E-state index is 0.00835. The lowest BCUT2D eigenvalue weighted by Gasteiger charge is -2.18. The Balaban J connectivity index is 1.35. The molecule has 1 atom stereocenters. The van der Waals surface area contributed by atoms with E-state index < -0.39 is 0 Å². The molecule has 34 heavy (non-hydrogen) atoms. The van der Waals surface area contributed by atoms with E-state index in [0.717, 1.165) is 47.0 Å². The van der Waals surface area contributed by atoms with Crippen LogP contribution in [0.15, 0.2) is 72.8 Å². The van der Waals surface area contributed by atoms with Gasteiger partial charge in [0.25, 0.3) is 0 Å². The number of nitrogens with zero attached hydrogens (tertiary/aromatic N) is 3. The number of carbonyl (C=O) groups excluding carboxylic acids is 1. The van der Waals surface area contributed by atoms with Crippen LogP contribution >= 0.6 is 11.6 Å². The second-order valence-corrected chi connectivity index (χ2v) is 8.78. The van der Waals surface area contributed by atoms with Crippen molar-refractivity contribution in [1.82, 2.24) is 9.55 Å². The van der Waals surface area contributed by atoms with Gasteiger partial charge < -0.3 is 18.9 Å². The van der Waals surface area contributed by atoms with Crippen LogP contribution < -0.4 is 14.4 Å². The maximum Gasteiger partial charge on any atom is 0.227 e. The molecule has 0 saturated carbocycles. The normalized spacial score (nSPS) is 15.8. The summed E-state index contributed by atoms with van der Waals surface area (Å²) >= 11 is 6.16. The highest BCUT2D eigenvalue weighted by Gasteiger charge is 2.34. The van der Waals surface area contributed by atoms with Gasteiger partial charge in [-0.1, -0.05) is 41.9 Å². The highest BCUT2D eigenvalue weighted by molar-refractivity contribution is 6.30. The molecular formula is C27H26ClN3O3. The van der Waals surface area contributed by atoms with E-state index >= 15 is 0 Å². The van der Waals surface area contributed by atoms with Crippen LogP contribution in [0.2, 0.25) is 5.02 Å². The predicted octanol–water partition coefficient (Wildman–Crippen LogP) is 5.69. The molecule has 5 rings (SSSR count).